The lowest BCUT2D eigenvalue weighted by Crippen LogP contribution is -2.19. The van der Waals surface area contributed by atoms with E-state index >= 15 is 0 Å². The van der Waals surface area contributed by atoms with Gasteiger partial charge in [0.2, 0.25) is 5.91 Å². The number of alkyl halides is 1. The van der Waals surface area contributed by atoms with Gasteiger partial charge in [0, 0.05) is 17.5 Å². The van der Waals surface area contributed by atoms with Gasteiger partial charge in [-0.1, -0.05) is 38.1 Å². The van der Waals surface area contributed by atoms with Crippen LogP contribution < -0.4 is 5.32 Å². The van der Waals surface area contributed by atoms with E-state index in [-0.39, 0.29) is 5.91 Å². The van der Waals surface area contributed by atoms with Gasteiger partial charge in [0.1, 0.15) is 5.38 Å². The van der Waals surface area contributed by atoms with Gasteiger partial charge >= 0.3 is 0 Å². The summed E-state index contributed by atoms with van der Waals surface area (Å²) in [5.74, 6) is 0.320. The van der Waals surface area contributed by atoms with Gasteiger partial charge in [0.05, 0.1) is 0 Å². The van der Waals surface area contributed by atoms with E-state index in [0.29, 0.717) is 11.0 Å². The van der Waals surface area contributed by atoms with Gasteiger partial charge in [-0.15, -0.1) is 22.9 Å². The summed E-state index contributed by atoms with van der Waals surface area (Å²) in [7, 11) is 0. The number of hydrogen-bond acceptors (Lipinski definition) is 3. The van der Waals surface area contributed by atoms with Crippen LogP contribution in [0.15, 0.2) is 30.5 Å². The molecule has 1 heterocycles. The molecule has 0 fully saturated rings. The minimum Gasteiger partial charge on any atom is -0.301 e. The van der Waals surface area contributed by atoms with Crippen LogP contribution in [0.4, 0.5) is 5.13 Å². The molecule has 1 unspecified atom stereocenters. The molecule has 0 aliphatic rings. The number of rotatable bonds is 5. The maximum Gasteiger partial charge on any atom is 0.243 e. The fraction of sp³-hybridized carbons (Fsp3) is 0.375. The van der Waals surface area contributed by atoms with Crippen LogP contribution >= 0.6 is 22.9 Å². The van der Waals surface area contributed by atoms with E-state index in [9.17, 15) is 4.79 Å². The standard InChI is InChI=1S/C16H19ClN2OS/c1-10(2)13-6-4-12(5-7-13)8-14-9-18-16(21-14)19-15(20)11(3)17/h4-7,9-11H,8H2,1-3H3,(H,18,19,20). The molecule has 0 bridgehead atoms. The van der Waals surface area contributed by atoms with Gasteiger partial charge in [0.15, 0.2) is 5.13 Å². The molecular formula is C16H19ClN2OS. The number of amides is 1. The quantitative estimate of drug-likeness (QED) is 0.828. The van der Waals surface area contributed by atoms with Crippen LogP contribution in [0.5, 0.6) is 0 Å². The molecule has 0 saturated carbocycles. The molecule has 1 N–H and O–H groups in total. The SMILES string of the molecule is CC(Cl)C(=O)Nc1ncc(Cc2ccc(C(C)C)cc2)s1. The lowest BCUT2D eigenvalue weighted by atomic mass is 10.0. The van der Waals surface area contributed by atoms with Crippen molar-refractivity contribution in [2.45, 2.75) is 38.5 Å². The van der Waals surface area contributed by atoms with E-state index < -0.39 is 5.38 Å². The molecule has 1 aromatic heterocycles. The summed E-state index contributed by atoms with van der Waals surface area (Å²) in [6.07, 6.45) is 2.62. The van der Waals surface area contributed by atoms with Crippen LogP contribution in [0.3, 0.4) is 0 Å². The van der Waals surface area contributed by atoms with Crippen molar-refractivity contribution in [2.75, 3.05) is 5.32 Å². The average Bonchev–Trinajstić information content (AvgIpc) is 2.86. The second kappa shape index (κ2) is 7.05. The van der Waals surface area contributed by atoms with Crippen molar-refractivity contribution in [3.63, 3.8) is 0 Å². The van der Waals surface area contributed by atoms with Gasteiger partial charge in [0.25, 0.3) is 0 Å². The number of halogens is 1. The normalized spacial score (nSPS) is 12.4. The van der Waals surface area contributed by atoms with Gasteiger partial charge in [-0.25, -0.2) is 4.98 Å². The predicted molar refractivity (Wildman–Crippen MR) is 89.4 cm³/mol. The summed E-state index contributed by atoms with van der Waals surface area (Å²) in [6.45, 7) is 6.01. The zero-order valence-electron chi connectivity index (χ0n) is 12.4. The predicted octanol–water partition coefficient (Wildman–Crippen LogP) is 4.42. The third kappa shape index (κ3) is 4.55. The number of benzene rings is 1. The number of hydrogen-bond donors (Lipinski definition) is 1. The second-order valence-corrected chi connectivity index (χ2v) is 7.08. The highest BCUT2D eigenvalue weighted by molar-refractivity contribution is 7.15. The second-order valence-electron chi connectivity index (χ2n) is 5.31. The maximum atomic E-state index is 11.5. The van der Waals surface area contributed by atoms with Crippen molar-refractivity contribution in [3.8, 4) is 0 Å². The Morgan fingerprint density at radius 3 is 2.52 bits per heavy atom. The summed E-state index contributed by atoms with van der Waals surface area (Å²) < 4.78 is 0. The highest BCUT2D eigenvalue weighted by Crippen LogP contribution is 2.22. The van der Waals surface area contributed by atoms with E-state index in [2.05, 4.69) is 48.4 Å². The van der Waals surface area contributed by atoms with Gasteiger partial charge in [-0.3, -0.25) is 4.79 Å². The minimum absolute atomic E-state index is 0.223. The van der Waals surface area contributed by atoms with Crippen LogP contribution in [0, 0.1) is 0 Å². The molecule has 0 aliphatic heterocycles. The first kappa shape index (κ1) is 16.0. The molecule has 1 amide bonds. The molecule has 3 nitrogen and oxygen atoms in total. The first-order valence-electron chi connectivity index (χ1n) is 6.94. The van der Waals surface area contributed by atoms with Gasteiger partial charge in [-0.2, -0.15) is 0 Å². The molecular weight excluding hydrogens is 304 g/mol. The number of anilines is 1. The van der Waals surface area contributed by atoms with Crippen molar-refractivity contribution in [1.29, 1.82) is 0 Å². The Labute approximate surface area is 134 Å². The van der Waals surface area contributed by atoms with Crippen LogP contribution in [-0.4, -0.2) is 16.3 Å². The highest BCUT2D eigenvalue weighted by atomic mass is 35.5. The summed E-state index contributed by atoms with van der Waals surface area (Å²) in [5, 5.41) is 2.75. The molecule has 1 aromatic carbocycles. The number of thiazole rings is 1. The topological polar surface area (TPSA) is 42.0 Å². The molecule has 0 saturated heterocycles. The molecule has 2 aromatic rings. The first-order valence-corrected chi connectivity index (χ1v) is 8.19. The third-order valence-electron chi connectivity index (χ3n) is 3.17. The van der Waals surface area contributed by atoms with Crippen molar-refractivity contribution >= 4 is 34.0 Å². The molecule has 0 spiro atoms. The minimum atomic E-state index is -0.555. The van der Waals surface area contributed by atoms with Crippen LogP contribution in [-0.2, 0) is 11.2 Å². The lowest BCUT2D eigenvalue weighted by molar-refractivity contribution is -0.115. The third-order valence-corrected chi connectivity index (χ3v) is 4.28. The number of nitrogens with one attached hydrogen (secondary N) is 1. The average molecular weight is 323 g/mol. The summed E-state index contributed by atoms with van der Waals surface area (Å²) in [6, 6.07) is 8.63. The van der Waals surface area contributed by atoms with Crippen molar-refractivity contribution in [3.05, 3.63) is 46.5 Å². The van der Waals surface area contributed by atoms with Crippen molar-refractivity contribution < 1.29 is 4.79 Å². The number of carbonyl (C=O) groups is 1. The molecule has 1 atom stereocenters. The van der Waals surface area contributed by atoms with E-state index in [1.165, 1.54) is 22.5 Å². The molecule has 21 heavy (non-hydrogen) atoms. The smallest absolute Gasteiger partial charge is 0.243 e. The first-order chi connectivity index (χ1) is 9.95. The largest absolute Gasteiger partial charge is 0.301 e. The van der Waals surface area contributed by atoms with Crippen LogP contribution in [0.2, 0.25) is 0 Å². The zero-order valence-corrected chi connectivity index (χ0v) is 14.0. The number of aromatic nitrogens is 1. The Kier molecular flexibility index (Phi) is 5.37. The van der Waals surface area contributed by atoms with Crippen LogP contribution in [0.1, 0.15) is 42.7 Å². The molecule has 0 radical (unpaired) electrons. The lowest BCUT2D eigenvalue weighted by Gasteiger charge is -2.06. The highest BCUT2D eigenvalue weighted by Gasteiger charge is 2.11. The van der Waals surface area contributed by atoms with E-state index in [4.69, 9.17) is 11.6 Å². The van der Waals surface area contributed by atoms with Crippen molar-refractivity contribution in [1.82, 2.24) is 4.98 Å². The number of carbonyl (C=O) groups excluding carboxylic acids is 1. The van der Waals surface area contributed by atoms with E-state index in [1.807, 2.05) is 0 Å². The van der Waals surface area contributed by atoms with Gasteiger partial charge < -0.3 is 5.32 Å². The number of nitrogens with zero attached hydrogens (tertiary/aromatic N) is 1. The van der Waals surface area contributed by atoms with E-state index in [1.54, 1.807) is 13.1 Å². The zero-order chi connectivity index (χ0) is 15.4. The summed E-state index contributed by atoms with van der Waals surface area (Å²) in [4.78, 5) is 16.8. The van der Waals surface area contributed by atoms with Gasteiger partial charge in [-0.05, 0) is 24.0 Å². The Hall–Kier alpha value is -1.39. The molecule has 2 rings (SSSR count). The summed E-state index contributed by atoms with van der Waals surface area (Å²) >= 11 is 7.20. The van der Waals surface area contributed by atoms with Crippen LogP contribution in [0.25, 0.3) is 0 Å². The molecule has 112 valence electrons. The van der Waals surface area contributed by atoms with E-state index in [0.717, 1.165) is 11.3 Å². The fourth-order valence-electron chi connectivity index (χ4n) is 1.87. The Morgan fingerprint density at radius 2 is 1.95 bits per heavy atom. The maximum absolute atomic E-state index is 11.5. The Morgan fingerprint density at radius 1 is 1.29 bits per heavy atom. The molecule has 5 heteroatoms. The Balaban J connectivity index is 2.00. The van der Waals surface area contributed by atoms with Crippen molar-refractivity contribution in [2.24, 2.45) is 0 Å². The monoisotopic (exact) mass is 322 g/mol. The Bertz CT molecular complexity index is 605. The summed E-state index contributed by atoms with van der Waals surface area (Å²) in [5.41, 5.74) is 2.58. The fourth-order valence-corrected chi connectivity index (χ4v) is 2.78. The molecule has 0 aliphatic carbocycles.